The molecule has 0 spiro atoms. The van der Waals surface area contributed by atoms with E-state index in [2.05, 4.69) is 191 Å². The average molecular weight is 1070 g/mol. The Labute approximate surface area is 469 Å². The smallest absolute Gasteiger partial charge is 0.133 e. The third-order valence-electron chi connectivity index (χ3n) is 13.5. The van der Waals surface area contributed by atoms with Gasteiger partial charge in [-0.3, -0.25) is 4.98 Å². The maximum absolute atomic E-state index is 5.47. The number of thiazole rings is 2. The molecule has 0 saturated heterocycles. The zero-order valence-electron chi connectivity index (χ0n) is 50.5. The summed E-state index contributed by atoms with van der Waals surface area (Å²) >= 11 is 3.63. The number of aromatic nitrogens is 7. The van der Waals surface area contributed by atoms with E-state index in [1.165, 1.54) is 95.4 Å². The summed E-state index contributed by atoms with van der Waals surface area (Å²) in [4.78, 5) is 30.7. The summed E-state index contributed by atoms with van der Waals surface area (Å²) in [7, 11) is 0. The molecule has 0 amide bonds. The van der Waals surface area contributed by atoms with Gasteiger partial charge in [0.25, 0.3) is 0 Å². The summed E-state index contributed by atoms with van der Waals surface area (Å²) in [5.74, 6) is 2.98. The standard InChI is InChI=1S/C12H16O.C11H13NS.C11H17NS.C10H20.2C8H12N2.C6H7N/c1-12(2,3)10-4-5-11-9(8-10)6-7-13-11;1-11(2,3)8-4-5-10-9(6-8)12-7-13-10;1-11(2,3)10-12-8-6-4-5-7-9(8)13-10;1-10(2,3)9-7-5-4-6-8-9;1-8(2,3)7-4-5-9-6-10-7;1-8(2,3)7-9-5-4-6-10-7;1-6-2-4-7-5-3-6/h4-5,8H,6-7H2,1-3H3;4-7H,1-3H3;4-7H2,1-3H3;9H,4-8H2,1-3H3;2*4-6H,1-3H3;2-5H,1H3. The molecule has 10 rings (SSSR count). The molecule has 1 fully saturated rings. The lowest BCUT2D eigenvalue weighted by atomic mass is 9.72. The molecule has 0 radical (unpaired) electrons. The highest BCUT2D eigenvalue weighted by Crippen LogP contribution is 2.38. The molecule has 0 N–H and O–H groups in total. The van der Waals surface area contributed by atoms with Gasteiger partial charge < -0.3 is 4.74 Å². The van der Waals surface area contributed by atoms with E-state index in [1.807, 2.05) is 48.0 Å². The highest BCUT2D eigenvalue weighted by Gasteiger charge is 2.26. The number of nitrogens with zero attached hydrogens (tertiary/aromatic N) is 7. The molecule has 7 aromatic rings. The van der Waals surface area contributed by atoms with Crippen molar-refractivity contribution in [3.05, 3.63) is 153 Å². The molecular formula is C66H97N7OS2. The van der Waals surface area contributed by atoms with Crippen LogP contribution in [0.3, 0.4) is 0 Å². The fraction of sp³-hybridized carbons (Fsp3) is 0.561. The predicted molar refractivity (Wildman–Crippen MR) is 327 cm³/mol. The van der Waals surface area contributed by atoms with Gasteiger partial charge in [0, 0.05) is 64.2 Å². The Balaban J connectivity index is 0.000000193. The number of hydrogen-bond donors (Lipinski definition) is 0. The van der Waals surface area contributed by atoms with Crippen LogP contribution in [0.4, 0.5) is 0 Å². The van der Waals surface area contributed by atoms with Crippen LogP contribution in [0.1, 0.15) is 219 Å². The lowest BCUT2D eigenvalue weighted by molar-refractivity contribution is 0.180. The largest absolute Gasteiger partial charge is 0.493 e. The van der Waals surface area contributed by atoms with Crippen molar-refractivity contribution in [3.63, 3.8) is 0 Å². The van der Waals surface area contributed by atoms with Crippen LogP contribution >= 0.6 is 22.7 Å². The van der Waals surface area contributed by atoms with Crippen LogP contribution in [0.2, 0.25) is 0 Å². The zero-order valence-corrected chi connectivity index (χ0v) is 52.2. The highest BCUT2D eigenvalue weighted by molar-refractivity contribution is 7.16. The van der Waals surface area contributed by atoms with Crippen molar-refractivity contribution < 1.29 is 4.74 Å². The third kappa shape index (κ3) is 22.2. The number of rotatable bonds is 0. The molecule has 0 unspecified atom stereocenters. The molecule has 2 aromatic carbocycles. The Morgan fingerprint density at radius 3 is 1.63 bits per heavy atom. The van der Waals surface area contributed by atoms with Gasteiger partial charge in [0.05, 0.1) is 33.0 Å². The summed E-state index contributed by atoms with van der Waals surface area (Å²) in [6, 6.07) is 20.8. The minimum absolute atomic E-state index is 0.0707. The minimum Gasteiger partial charge on any atom is -0.493 e. The summed E-state index contributed by atoms with van der Waals surface area (Å²) in [6.45, 7) is 42.9. The van der Waals surface area contributed by atoms with Crippen LogP contribution in [0.25, 0.3) is 10.2 Å². The SMILES string of the molecule is CC(C)(C)C1CCCCC1.CC(C)(C)c1ccc2c(c1)CCO2.CC(C)(C)c1ccc2scnc2c1.CC(C)(C)c1ccncn1.CC(C)(C)c1nc2c(s1)CCCC2.CC(C)(C)c1ncccn1.Cc1ccncc1. The van der Waals surface area contributed by atoms with E-state index in [0.717, 1.165) is 41.7 Å². The number of ether oxygens (including phenoxy) is 1. The summed E-state index contributed by atoms with van der Waals surface area (Å²) < 4.78 is 6.74. The van der Waals surface area contributed by atoms with Crippen molar-refractivity contribution in [2.45, 2.75) is 223 Å². The van der Waals surface area contributed by atoms with Gasteiger partial charge in [-0.15, -0.1) is 22.7 Å². The number of fused-ring (bicyclic) bond motifs is 3. The Kier molecular flexibility index (Phi) is 24.0. The molecule has 414 valence electrons. The van der Waals surface area contributed by atoms with Crippen LogP contribution in [-0.4, -0.2) is 41.5 Å². The minimum atomic E-state index is 0.0707. The van der Waals surface area contributed by atoms with Crippen molar-refractivity contribution in [1.82, 2.24) is 34.9 Å². The molecule has 2 aliphatic carbocycles. The second-order valence-corrected chi connectivity index (χ2v) is 28.7. The zero-order chi connectivity index (χ0) is 56.4. The van der Waals surface area contributed by atoms with E-state index in [1.54, 1.807) is 53.5 Å². The Bertz CT molecular complexity index is 2650. The predicted octanol–water partition coefficient (Wildman–Crippen LogP) is 18.4. The quantitative estimate of drug-likeness (QED) is 0.148. The van der Waals surface area contributed by atoms with E-state index in [9.17, 15) is 0 Å². The Hall–Kier alpha value is -4.93. The van der Waals surface area contributed by atoms with Crippen molar-refractivity contribution in [2.75, 3.05) is 6.61 Å². The molecule has 0 atom stereocenters. The molecule has 76 heavy (non-hydrogen) atoms. The van der Waals surface area contributed by atoms with Crippen LogP contribution in [0.15, 0.2) is 103 Å². The van der Waals surface area contributed by atoms with Crippen LogP contribution in [-0.2, 0) is 46.3 Å². The first kappa shape index (κ1) is 63.6. The molecular weight excluding hydrogens is 971 g/mol. The maximum atomic E-state index is 5.47. The lowest BCUT2D eigenvalue weighted by Gasteiger charge is -2.33. The van der Waals surface area contributed by atoms with Crippen molar-refractivity contribution in [1.29, 1.82) is 0 Å². The molecule has 10 heteroatoms. The van der Waals surface area contributed by atoms with Gasteiger partial charge in [-0.05, 0) is 132 Å². The average Bonchev–Trinajstić information content (AvgIpc) is 4.15. The lowest BCUT2D eigenvalue weighted by Crippen LogP contribution is -2.22. The second-order valence-electron chi connectivity index (χ2n) is 26.7. The second kappa shape index (κ2) is 28.6. The summed E-state index contributed by atoms with van der Waals surface area (Å²) in [5, 5.41) is 1.32. The third-order valence-corrected chi connectivity index (χ3v) is 15.9. The molecule has 5 aromatic heterocycles. The molecule has 1 aliphatic heterocycles. The molecule has 1 saturated carbocycles. The van der Waals surface area contributed by atoms with Gasteiger partial charge in [-0.2, -0.15) is 0 Å². The first-order chi connectivity index (χ1) is 35.4. The van der Waals surface area contributed by atoms with Gasteiger partial charge in [0.15, 0.2) is 0 Å². The molecule has 8 nitrogen and oxygen atoms in total. The van der Waals surface area contributed by atoms with E-state index < -0.39 is 0 Å². The fourth-order valence-corrected chi connectivity index (χ4v) is 10.3. The maximum Gasteiger partial charge on any atom is 0.133 e. The van der Waals surface area contributed by atoms with Gasteiger partial charge >= 0.3 is 0 Å². The highest BCUT2D eigenvalue weighted by atomic mass is 32.1. The van der Waals surface area contributed by atoms with Crippen LogP contribution in [0.5, 0.6) is 5.75 Å². The van der Waals surface area contributed by atoms with Gasteiger partial charge in [-0.25, -0.2) is 29.9 Å². The molecule has 3 aliphatic rings. The Morgan fingerprint density at radius 1 is 0.539 bits per heavy atom. The van der Waals surface area contributed by atoms with Gasteiger partial charge in [-0.1, -0.05) is 162 Å². The van der Waals surface area contributed by atoms with Gasteiger partial charge in [0.2, 0.25) is 0 Å². The van der Waals surface area contributed by atoms with Crippen LogP contribution in [0, 0.1) is 18.3 Å². The molecule has 6 heterocycles. The normalized spacial score (nSPS) is 14.5. The van der Waals surface area contributed by atoms with E-state index in [0.29, 0.717) is 5.41 Å². The fourth-order valence-electron chi connectivity index (χ4n) is 8.47. The first-order valence-electron chi connectivity index (χ1n) is 27.9. The Morgan fingerprint density at radius 2 is 1.14 bits per heavy atom. The van der Waals surface area contributed by atoms with E-state index >= 15 is 0 Å². The topological polar surface area (TPSA) is 99.5 Å². The monoisotopic (exact) mass is 1070 g/mol. The van der Waals surface area contributed by atoms with E-state index in [4.69, 9.17) is 9.72 Å². The number of hydrogen-bond acceptors (Lipinski definition) is 10. The van der Waals surface area contributed by atoms with E-state index in [-0.39, 0.29) is 27.1 Å². The number of aryl methyl sites for hydroxylation is 3. The van der Waals surface area contributed by atoms with Crippen molar-refractivity contribution >= 4 is 32.9 Å². The van der Waals surface area contributed by atoms with Crippen LogP contribution < -0.4 is 4.74 Å². The number of pyridine rings is 1. The molecule has 0 bridgehead atoms. The number of benzene rings is 2. The van der Waals surface area contributed by atoms with Crippen molar-refractivity contribution in [3.8, 4) is 5.75 Å². The summed E-state index contributed by atoms with van der Waals surface area (Å²) in [5.41, 5.74) is 12.4. The summed E-state index contributed by atoms with van der Waals surface area (Å²) in [6.07, 6.45) is 24.1. The van der Waals surface area contributed by atoms with Crippen molar-refractivity contribution in [2.24, 2.45) is 11.3 Å². The first-order valence-corrected chi connectivity index (χ1v) is 29.6. The van der Waals surface area contributed by atoms with Gasteiger partial charge in [0.1, 0.15) is 17.9 Å².